The number of phosphoric ester groups is 2. The van der Waals surface area contributed by atoms with Gasteiger partial charge in [-0.15, -0.1) is 0 Å². The van der Waals surface area contributed by atoms with Crippen molar-refractivity contribution in [2.75, 3.05) is 39.6 Å². The molecule has 0 amide bonds. The number of hydrogen-bond acceptors (Lipinski definition) is 14. The van der Waals surface area contributed by atoms with Gasteiger partial charge in [0.25, 0.3) is 0 Å². The van der Waals surface area contributed by atoms with Crippen molar-refractivity contribution in [2.24, 2.45) is 0 Å². The average molecular weight is 1430 g/mol. The first-order valence-corrected chi connectivity index (χ1v) is 40.8. The fraction of sp³-hybridized carbons (Fsp3) is 0.642. The molecular formula is C81H134O16P2. The number of phosphoric acid groups is 2. The Bertz CT molecular complexity index is 2430. The summed E-state index contributed by atoms with van der Waals surface area (Å²) in [6.45, 7) is 2.42. The summed E-state index contributed by atoms with van der Waals surface area (Å²) in [7, 11) is -9.82. The summed E-state index contributed by atoms with van der Waals surface area (Å²) in [6.07, 6.45) is 89.9. The molecule has 0 aromatic rings. The number of carbonyl (C=O) groups is 3. The Kier molecular flexibility index (Phi) is 69.4. The van der Waals surface area contributed by atoms with E-state index < -0.39 is 91.5 Å². The predicted molar refractivity (Wildman–Crippen MR) is 408 cm³/mol. The zero-order chi connectivity index (χ0) is 72.3. The first-order chi connectivity index (χ1) is 48.2. The van der Waals surface area contributed by atoms with Crippen LogP contribution < -0.4 is 0 Å². The van der Waals surface area contributed by atoms with Crippen molar-refractivity contribution in [3.63, 3.8) is 0 Å². The standard InChI is InChI=1S/C81H134O16P2/c1-4-7-10-13-16-19-22-25-28-31-34-36-37-39-42-43-46-49-52-55-58-61-64-67-79(84)91-70-76(82)71-93-98(87,88)94-72-77(83)73-95-99(89,90)96-75-78(97-81(86)69-66-63-60-57-54-51-48-45-40-33-30-27-24-21-18-15-12-9-6-3)74-92-80(85)68-65-62-59-56-53-50-47-44-41-38-35-32-29-26-23-20-17-14-11-8-5-2/h9,12,16-21,25-30,34-36,38-40,42,44-45,47,51,54,76-78,82-83H,4-8,10-11,13-15,22-24,31-33,37,41,43,46,48-50,52-53,55-75H2,1-3H3,(H,87,88)(H,89,90)/b12-9-,19-16-,20-17-,21-18-,28-25-,29-26-,30-27-,36-34-,38-35-,42-39-,45-40-,47-44-,54-51-. The van der Waals surface area contributed by atoms with E-state index in [1.165, 1.54) is 51.4 Å². The van der Waals surface area contributed by atoms with E-state index in [4.69, 9.17) is 32.3 Å². The second-order valence-corrected chi connectivity index (χ2v) is 27.6. The molecule has 0 saturated carbocycles. The molecule has 0 spiro atoms. The third-order valence-corrected chi connectivity index (χ3v) is 17.1. The zero-order valence-corrected chi connectivity index (χ0v) is 63.1. The molecule has 0 aromatic carbocycles. The number of aliphatic hydroxyl groups is 2. The van der Waals surface area contributed by atoms with Crippen LogP contribution in [0.2, 0.25) is 0 Å². The topological polar surface area (TPSA) is 231 Å². The van der Waals surface area contributed by atoms with Crippen molar-refractivity contribution in [1.29, 1.82) is 0 Å². The van der Waals surface area contributed by atoms with E-state index in [2.05, 4.69) is 179 Å². The highest BCUT2D eigenvalue weighted by Crippen LogP contribution is 2.45. The van der Waals surface area contributed by atoms with E-state index in [1.54, 1.807) is 0 Å². The highest BCUT2D eigenvalue weighted by atomic mass is 31.2. The minimum absolute atomic E-state index is 0.0546. The first-order valence-electron chi connectivity index (χ1n) is 37.8. The maximum atomic E-state index is 13.0. The molecule has 0 saturated heterocycles. The summed E-state index contributed by atoms with van der Waals surface area (Å²) >= 11 is 0. The van der Waals surface area contributed by atoms with Gasteiger partial charge in [0.05, 0.1) is 26.4 Å². The lowest BCUT2D eigenvalue weighted by Gasteiger charge is -2.21. The van der Waals surface area contributed by atoms with Crippen LogP contribution in [0.5, 0.6) is 0 Å². The van der Waals surface area contributed by atoms with Crippen LogP contribution in [0.25, 0.3) is 0 Å². The zero-order valence-electron chi connectivity index (χ0n) is 61.4. The molecule has 0 aliphatic rings. The lowest BCUT2D eigenvalue weighted by atomic mass is 10.1. The Balaban J connectivity index is 4.76. The van der Waals surface area contributed by atoms with Crippen LogP contribution >= 0.6 is 15.6 Å². The Morgan fingerprint density at radius 3 is 0.859 bits per heavy atom. The van der Waals surface area contributed by atoms with E-state index >= 15 is 0 Å². The molecule has 18 heteroatoms. The van der Waals surface area contributed by atoms with E-state index in [0.717, 1.165) is 167 Å². The summed E-state index contributed by atoms with van der Waals surface area (Å²) in [6, 6.07) is 0. The highest BCUT2D eigenvalue weighted by Gasteiger charge is 2.29. The summed E-state index contributed by atoms with van der Waals surface area (Å²) in [5.74, 6) is -1.65. The number of ether oxygens (including phenoxy) is 3. The first kappa shape index (κ1) is 94.2. The van der Waals surface area contributed by atoms with Gasteiger partial charge in [-0.05, 0) is 154 Å². The van der Waals surface area contributed by atoms with Crippen molar-refractivity contribution in [2.45, 2.75) is 296 Å². The van der Waals surface area contributed by atoms with E-state index in [9.17, 15) is 43.5 Å². The number of rotatable bonds is 70. The molecule has 5 atom stereocenters. The molecule has 0 aromatic heterocycles. The van der Waals surface area contributed by atoms with Crippen molar-refractivity contribution in [3.8, 4) is 0 Å². The third-order valence-electron chi connectivity index (χ3n) is 15.2. The largest absolute Gasteiger partial charge is 0.472 e. The molecule has 0 aliphatic heterocycles. The summed E-state index contributed by atoms with van der Waals surface area (Å²) in [5.41, 5.74) is 0. The Morgan fingerprint density at radius 1 is 0.293 bits per heavy atom. The number of carbonyl (C=O) groups excluding carboxylic acids is 3. The lowest BCUT2D eigenvalue weighted by Crippen LogP contribution is -2.30. The highest BCUT2D eigenvalue weighted by molar-refractivity contribution is 7.47. The number of esters is 3. The van der Waals surface area contributed by atoms with Gasteiger partial charge in [-0.2, -0.15) is 0 Å². The molecular weight excluding hydrogens is 1290 g/mol. The molecule has 99 heavy (non-hydrogen) atoms. The maximum absolute atomic E-state index is 13.0. The predicted octanol–water partition coefficient (Wildman–Crippen LogP) is 21.9. The van der Waals surface area contributed by atoms with Crippen LogP contribution in [0, 0.1) is 0 Å². The van der Waals surface area contributed by atoms with Gasteiger partial charge >= 0.3 is 33.6 Å². The normalized spacial score (nSPS) is 14.9. The fourth-order valence-electron chi connectivity index (χ4n) is 9.45. The van der Waals surface area contributed by atoms with Gasteiger partial charge in [0.1, 0.15) is 25.4 Å². The molecule has 0 bridgehead atoms. The van der Waals surface area contributed by atoms with Gasteiger partial charge in [0.2, 0.25) is 0 Å². The van der Waals surface area contributed by atoms with Crippen molar-refractivity contribution in [1.82, 2.24) is 0 Å². The van der Waals surface area contributed by atoms with Crippen LogP contribution in [0.15, 0.2) is 158 Å². The second kappa shape index (κ2) is 72.9. The molecule has 0 radical (unpaired) electrons. The molecule has 0 rings (SSSR count). The van der Waals surface area contributed by atoms with E-state index in [-0.39, 0.29) is 19.3 Å². The lowest BCUT2D eigenvalue weighted by molar-refractivity contribution is -0.161. The Hall–Kier alpha value is -4.83. The van der Waals surface area contributed by atoms with Crippen molar-refractivity contribution >= 4 is 33.6 Å². The van der Waals surface area contributed by atoms with Crippen LogP contribution in [0.4, 0.5) is 0 Å². The Labute approximate surface area is 600 Å². The number of allylic oxidation sites excluding steroid dienone is 26. The average Bonchev–Trinajstić information content (AvgIpc) is 2.26. The summed E-state index contributed by atoms with van der Waals surface area (Å²) in [5, 5.41) is 20.6. The Morgan fingerprint density at radius 2 is 0.535 bits per heavy atom. The smallest absolute Gasteiger partial charge is 0.463 e. The third kappa shape index (κ3) is 74.2. The van der Waals surface area contributed by atoms with Crippen LogP contribution in [-0.4, -0.2) is 95.9 Å². The minimum Gasteiger partial charge on any atom is -0.463 e. The van der Waals surface area contributed by atoms with Crippen LogP contribution in [0.3, 0.4) is 0 Å². The maximum Gasteiger partial charge on any atom is 0.472 e. The fourth-order valence-corrected chi connectivity index (χ4v) is 11.0. The van der Waals surface area contributed by atoms with E-state index in [0.29, 0.717) is 19.3 Å². The van der Waals surface area contributed by atoms with Crippen molar-refractivity contribution in [3.05, 3.63) is 158 Å². The van der Waals surface area contributed by atoms with Crippen molar-refractivity contribution < 1.29 is 75.8 Å². The summed E-state index contributed by atoms with van der Waals surface area (Å²) < 4.78 is 61.0. The summed E-state index contributed by atoms with van der Waals surface area (Å²) in [4.78, 5) is 58.6. The number of unbranched alkanes of at least 4 members (excludes halogenated alkanes) is 21. The molecule has 0 aliphatic carbocycles. The van der Waals surface area contributed by atoms with Gasteiger partial charge in [-0.1, -0.05) is 262 Å². The van der Waals surface area contributed by atoms with Crippen LogP contribution in [-0.2, 0) is 55.8 Å². The quantitative estimate of drug-likeness (QED) is 0.0146. The molecule has 0 heterocycles. The number of aliphatic hydroxyl groups excluding tert-OH is 2. The van der Waals surface area contributed by atoms with Gasteiger partial charge in [-0.25, -0.2) is 9.13 Å². The van der Waals surface area contributed by atoms with Gasteiger partial charge in [0.15, 0.2) is 6.10 Å². The molecule has 16 nitrogen and oxygen atoms in total. The second-order valence-electron chi connectivity index (χ2n) is 24.7. The van der Waals surface area contributed by atoms with Crippen LogP contribution in [0.1, 0.15) is 278 Å². The molecule has 5 unspecified atom stereocenters. The minimum atomic E-state index is -4.95. The van der Waals surface area contributed by atoms with Gasteiger partial charge in [-0.3, -0.25) is 32.5 Å². The van der Waals surface area contributed by atoms with Gasteiger partial charge < -0.3 is 34.2 Å². The molecule has 4 N–H and O–H groups in total. The van der Waals surface area contributed by atoms with E-state index in [1.807, 2.05) is 0 Å². The number of hydrogen-bond donors (Lipinski definition) is 4. The molecule has 564 valence electrons. The molecule has 0 fully saturated rings. The van der Waals surface area contributed by atoms with Gasteiger partial charge in [0, 0.05) is 19.3 Å². The monoisotopic (exact) mass is 1420 g/mol. The SMILES string of the molecule is CC/C=C\C/C=C\C/C=C\C/C=C\C/C=C\CCCCCC(=O)OC(COC(=O)CCCCCCC/C=C\C/C=C\C/C=C\C/C=C\CCCCC)COP(=O)(O)OCC(O)COP(=O)(O)OCC(O)COC(=O)CCCCCCCCC/C=C\C/C=C\C/C=C\C/C=C\CCCCC.